The number of benzene rings is 8. The quantitative estimate of drug-likeness (QED) is 0.110. The maximum absolute atomic E-state index is 9.66. The van der Waals surface area contributed by atoms with Gasteiger partial charge in [0.15, 0.2) is 24.8 Å². The number of rotatable bonds is 8. The van der Waals surface area contributed by atoms with Crippen molar-refractivity contribution in [2.24, 2.45) is 28.2 Å². The van der Waals surface area contributed by atoms with Crippen molar-refractivity contribution in [3.63, 3.8) is 0 Å². The van der Waals surface area contributed by atoms with E-state index in [0.29, 0.717) is 39.9 Å². The van der Waals surface area contributed by atoms with Gasteiger partial charge in [0.1, 0.15) is 72.9 Å². The van der Waals surface area contributed by atoms with E-state index in [9.17, 15) is 10.5 Å². The molecule has 104 heavy (non-hydrogen) atoms. The van der Waals surface area contributed by atoms with Crippen LogP contribution in [0.15, 0.2) is 212 Å². The molecule has 0 fully saturated rings. The zero-order chi connectivity index (χ0) is 73.7. The van der Waals surface area contributed by atoms with Crippen molar-refractivity contribution in [3.05, 3.63) is 273 Å². The molecule has 0 spiro atoms. The lowest BCUT2D eigenvalue weighted by molar-refractivity contribution is -0.660. The Hall–Kier alpha value is -12.5. The van der Waals surface area contributed by atoms with Crippen molar-refractivity contribution in [3.8, 4) is 57.2 Å². The zero-order valence-corrected chi connectivity index (χ0v) is 62.0. The van der Waals surface area contributed by atoms with Crippen molar-refractivity contribution in [1.82, 2.24) is 0 Å². The molecule has 0 amide bonds. The van der Waals surface area contributed by atoms with Crippen molar-refractivity contribution >= 4 is 99.1 Å². The smallest absolute Gasteiger partial charge is 0.243 e. The Morgan fingerprint density at radius 2 is 0.760 bits per heavy atom. The molecule has 0 radical (unpaired) electrons. The first-order valence-electron chi connectivity index (χ1n) is 35.4. The fourth-order valence-electron chi connectivity index (χ4n) is 14.5. The Labute approximate surface area is 607 Å². The molecule has 0 bridgehead atoms. The molecule has 0 aliphatic heterocycles. The summed E-state index contributed by atoms with van der Waals surface area (Å²) in [6.45, 7) is 40.9. The van der Waals surface area contributed by atoms with Crippen LogP contribution in [0.3, 0.4) is 0 Å². The average molecular weight is 1370 g/mol. The zero-order valence-electron chi connectivity index (χ0n) is 62.0. The summed E-state index contributed by atoms with van der Waals surface area (Å²) in [6, 6.07) is 62.8. The number of pyridine rings is 4. The molecule has 8 aromatic heterocycles. The highest BCUT2D eigenvalue weighted by molar-refractivity contribution is 6.14. The van der Waals surface area contributed by atoms with Gasteiger partial charge in [-0.1, -0.05) is 79.7 Å². The third-order valence-electron chi connectivity index (χ3n) is 20.2. The molecule has 16 aromatic rings. The lowest BCUT2D eigenvalue weighted by atomic mass is 9.95. The number of fused-ring (bicyclic) bond motifs is 12. The van der Waals surface area contributed by atoms with Gasteiger partial charge in [-0.25, -0.2) is 28.0 Å². The van der Waals surface area contributed by atoms with Crippen molar-refractivity contribution < 1.29 is 35.9 Å². The van der Waals surface area contributed by atoms with E-state index >= 15 is 0 Å². The van der Waals surface area contributed by atoms with Crippen LogP contribution in [0.25, 0.3) is 142 Å². The first kappa shape index (κ1) is 70.0. The molecule has 0 aliphatic rings. The molecule has 8 heterocycles. The third kappa shape index (κ3) is 12.9. The van der Waals surface area contributed by atoms with E-state index in [1.165, 1.54) is 22.3 Å². The second-order valence-electron chi connectivity index (χ2n) is 28.6. The Kier molecular flexibility index (Phi) is 19.2. The lowest BCUT2D eigenvalue weighted by Gasteiger charge is -2.07. The van der Waals surface area contributed by atoms with Gasteiger partial charge in [-0.3, -0.25) is 0 Å². The second kappa shape index (κ2) is 28.5. The molecule has 8 aromatic carbocycles. The minimum atomic E-state index is 0.280. The summed E-state index contributed by atoms with van der Waals surface area (Å²) in [5.41, 5.74) is 26.9. The van der Waals surface area contributed by atoms with Crippen LogP contribution in [0.1, 0.15) is 135 Å². The van der Waals surface area contributed by atoms with Crippen LogP contribution < -0.4 is 18.3 Å². The van der Waals surface area contributed by atoms with E-state index in [4.69, 9.17) is 30.8 Å². The largest absolute Gasteiger partial charge is 0.467 e. The topological polar surface area (TPSA) is 124 Å². The SMILES string of the molecule is Cc1cc2c(cc1-c1cccc[n+]1C)oc1cc(C(C)C)c(C#N)cc12.Cc1cc2c(cc1-c1cccc[n+]1C)oc1cc(C(C)C)cc(C#N)c12.[C-]#[N+]c1c(-c2cccc[n+]2C)c(C)cc2c1oc1cc(C(C)C)ccc12.[C-]#[N+]c1c(C(C)C)ccc2c1oc1cc(-c3cccc[n+]3C)c(C)cc12. The highest BCUT2D eigenvalue weighted by atomic mass is 16.3. The maximum Gasteiger partial charge on any atom is 0.243 e. The number of hydrogen-bond donors (Lipinski definition) is 0. The monoisotopic (exact) mass is 1360 g/mol. The predicted molar refractivity (Wildman–Crippen MR) is 419 cm³/mol. The highest BCUT2D eigenvalue weighted by Gasteiger charge is 2.26. The summed E-state index contributed by atoms with van der Waals surface area (Å²) in [4.78, 5) is 7.66. The van der Waals surface area contributed by atoms with E-state index in [1.54, 1.807) is 0 Å². The van der Waals surface area contributed by atoms with Crippen LogP contribution in [0.4, 0.5) is 11.4 Å². The van der Waals surface area contributed by atoms with E-state index in [1.807, 2.05) is 130 Å². The third-order valence-corrected chi connectivity index (χ3v) is 20.2. The second-order valence-corrected chi connectivity index (χ2v) is 28.6. The first-order chi connectivity index (χ1) is 50.0. The summed E-state index contributed by atoms with van der Waals surface area (Å²) < 4.78 is 33.1. The van der Waals surface area contributed by atoms with Crippen molar-refractivity contribution in [1.29, 1.82) is 10.5 Å². The highest BCUT2D eigenvalue weighted by Crippen LogP contribution is 2.46. The maximum atomic E-state index is 9.66. The van der Waals surface area contributed by atoms with E-state index in [2.05, 4.69) is 216 Å². The molecule has 12 heteroatoms. The molecule has 12 nitrogen and oxygen atoms in total. The van der Waals surface area contributed by atoms with Gasteiger partial charge in [0.05, 0.1) is 58.7 Å². The number of nitrogens with zero attached hydrogens (tertiary/aromatic N) is 8. The molecular weight excluding hydrogens is 1280 g/mol. The molecule has 0 unspecified atom stereocenters. The van der Waals surface area contributed by atoms with E-state index in [0.717, 1.165) is 149 Å². The van der Waals surface area contributed by atoms with Gasteiger partial charge in [-0.05, 0) is 193 Å². The minimum Gasteiger partial charge on any atom is -0.467 e. The normalized spacial score (nSPS) is 11.4. The number of nitriles is 2. The van der Waals surface area contributed by atoms with Crippen molar-refractivity contribution in [2.45, 2.75) is 107 Å². The molecule has 0 saturated carbocycles. The Balaban J connectivity index is 0.000000123. The number of aromatic nitrogens is 4. The van der Waals surface area contributed by atoms with Gasteiger partial charge in [-0.15, -0.1) is 0 Å². The van der Waals surface area contributed by atoms with E-state index in [-0.39, 0.29) is 11.8 Å². The Morgan fingerprint density at radius 1 is 0.346 bits per heavy atom. The summed E-state index contributed by atoms with van der Waals surface area (Å²) in [5, 5.41) is 27.4. The lowest BCUT2D eigenvalue weighted by Crippen LogP contribution is -2.30. The van der Waals surface area contributed by atoms with Gasteiger partial charge < -0.3 is 17.7 Å². The van der Waals surface area contributed by atoms with Crippen LogP contribution in [0, 0.1) is 63.5 Å². The van der Waals surface area contributed by atoms with E-state index < -0.39 is 0 Å². The molecule has 0 atom stereocenters. The van der Waals surface area contributed by atoms with Crippen LogP contribution in [0.5, 0.6) is 0 Å². The van der Waals surface area contributed by atoms with Gasteiger partial charge in [0, 0.05) is 91.6 Å². The van der Waals surface area contributed by atoms with Crippen LogP contribution in [-0.4, -0.2) is 0 Å². The Bertz CT molecular complexity index is 6230. The molecule has 16 rings (SSSR count). The predicted octanol–water partition coefficient (Wildman–Crippen LogP) is 22.9. The molecular formula is C92H84N8O4+4. The van der Waals surface area contributed by atoms with Gasteiger partial charge in [0.2, 0.25) is 34.2 Å². The molecule has 0 saturated heterocycles. The standard InChI is InChI=1S/4C23H21N2O/c1-14(2)16-9-10-17-19-12-15(3)18(20-8-6-7-11-25(20)5)13-21(19)26-23(17)22(16)24-4;1-14(2)16-9-10-17-18-12-15(3)21(19-8-6-7-11-25(19)5)22(24-4)23(18)26-20(17)13-16;1-14(2)17-11-22-20(10-16(17)13-24)19-9-15(3)18(12-23(19)26-22)21-7-5-6-8-25(21)4;1-14(2)16-10-17(13-24)23-19-9-15(3)18(12-21(19)26-22(23)11-16)20-7-5-6-8-25(20)4/h2*6-14H,1-3,5H3;2*5-12,14H,1-4H3/q4*+1. The average Bonchev–Trinajstić information content (AvgIpc) is 1.58. The van der Waals surface area contributed by atoms with Gasteiger partial charge in [-0.2, -0.15) is 10.5 Å². The van der Waals surface area contributed by atoms with Gasteiger partial charge >= 0.3 is 0 Å². The summed E-state index contributed by atoms with van der Waals surface area (Å²) >= 11 is 0. The number of furan rings is 4. The molecule has 0 aliphatic carbocycles. The first-order valence-corrected chi connectivity index (χ1v) is 35.4. The molecule has 0 N–H and O–H groups in total. The van der Waals surface area contributed by atoms with Crippen molar-refractivity contribution in [2.75, 3.05) is 0 Å². The number of aryl methyl sites for hydroxylation is 8. The Morgan fingerprint density at radius 3 is 1.25 bits per heavy atom. The summed E-state index contributed by atoms with van der Waals surface area (Å²) in [6.07, 6.45) is 8.13. The minimum absolute atomic E-state index is 0.280. The fourth-order valence-corrected chi connectivity index (χ4v) is 14.5. The summed E-state index contributed by atoms with van der Waals surface area (Å²) in [7, 11) is 8.13. The van der Waals surface area contributed by atoms with Crippen LogP contribution in [0.2, 0.25) is 0 Å². The molecule has 512 valence electrons. The summed E-state index contributed by atoms with van der Waals surface area (Å²) in [5.74, 6) is 1.36. The number of hydrogen-bond acceptors (Lipinski definition) is 6. The fraction of sp³-hybridized carbons (Fsp3) is 0.217. The van der Waals surface area contributed by atoms with Crippen LogP contribution >= 0.6 is 0 Å². The van der Waals surface area contributed by atoms with Gasteiger partial charge in [0.25, 0.3) is 0 Å². The van der Waals surface area contributed by atoms with Crippen LogP contribution in [-0.2, 0) is 28.2 Å².